The standard InChI is InChI=1S/C18H30N2/c1-4-15-6-5-7-17(11-15)18(20-19)12-16-9-8-13(2)14(3)10-16/h8-10,15,17-18,20H,4-7,11-12,19H2,1-3H3. The van der Waals surface area contributed by atoms with Gasteiger partial charge in [0.2, 0.25) is 0 Å². The summed E-state index contributed by atoms with van der Waals surface area (Å²) >= 11 is 0. The van der Waals surface area contributed by atoms with Crippen LogP contribution < -0.4 is 11.3 Å². The molecule has 0 aliphatic heterocycles. The zero-order valence-corrected chi connectivity index (χ0v) is 13.3. The lowest BCUT2D eigenvalue weighted by Crippen LogP contribution is -2.44. The van der Waals surface area contributed by atoms with Gasteiger partial charge in [0.1, 0.15) is 0 Å². The molecule has 1 aromatic carbocycles. The average molecular weight is 274 g/mol. The van der Waals surface area contributed by atoms with Gasteiger partial charge in [-0.3, -0.25) is 11.3 Å². The van der Waals surface area contributed by atoms with Crippen molar-refractivity contribution in [3.63, 3.8) is 0 Å². The molecule has 3 unspecified atom stereocenters. The predicted octanol–water partition coefficient (Wildman–Crippen LogP) is 3.89. The molecule has 0 radical (unpaired) electrons. The maximum Gasteiger partial charge on any atom is 0.0279 e. The SMILES string of the molecule is CCC1CCCC(C(Cc2ccc(C)c(C)c2)NN)C1. The Kier molecular flexibility index (Phi) is 5.62. The Hall–Kier alpha value is -0.860. The smallest absolute Gasteiger partial charge is 0.0279 e. The minimum absolute atomic E-state index is 0.423. The third kappa shape index (κ3) is 3.83. The van der Waals surface area contributed by atoms with Gasteiger partial charge in [0, 0.05) is 6.04 Å². The summed E-state index contributed by atoms with van der Waals surface area (Å²) in [7, 11) is 0. The van der Waals surface area contributed by atoms with Gasteiger partial charge in [-0.15, -0.1) is 0 Å². The molecule has 1 aliphatic carbocycles. The maximum absolute atomic E-state index is 5.86. The van der Waals surface area contributed by atoms with Crippen LogP contribution in [0.15, 0.2) is 18.2 Å². The first-order chi connectivity index (χ1) is 9.63. The molecule has 0 heterocycles. The fraction of sp³-hybridized carbons (Fsp3) is 0.667. The largest absolute Gasteiger partial charge is 0.271 e. The molecule has 0 aromatic heterocycles. The van der Waals surface area contributed by atoms with Gasteiger partial charge in [0.25, 0.3) is 0 Å². The summed E-state index contributed by atoms with van der Waals surface area (Å²) in [6, 6.07) is 7.23. The van der Waals surface area contributed by atoms with Gasteiger partial charge >= 0.3 is 0 Å². The molecule has 2 rings (SSSR count). The van der Waals surface area contributed by atoms with Crippen LogP contribution in [0.25, 0.3) is 0 Å². The predicted molar refractivity (Wildman–Crippen MR) is 86.5 cm³/mol. The molecule has 0 saturated heterocycles. The second-order valence-electron chi connectivity index (χ2n) is 6.60. The van der Waals surface area contributed by atoms with Gasteiger partial charge in [0.05, 0.1) is 0 Å². The van der Waals surface area contributed by atoms with Crippen molar-refractivity contribution in [1.29, 1.82) is 0 Å². The van der Waals surface area contributed by atoms with E-state index in [2.05, 4.69) is 44.4 Å². The molecule has 2 heteroatoms. The zero-order chi connectivity index (χ0) is 14.5. The Labute approximate surface area is 124 Å². The first-order valence-corrected chi connectivity index (χ1v) is 8.16. The van der Waals surface area contributed by atoms with Gasteiger partial charge in [-0.05, 0) is 61.6 Å². The first-order valence-electron chi connectivity index (χ1n) is 8.16. The summed E-state index contributed by atoms with van der Waals surface area (Å²) in [6.07, 6.45) is 7.82. The molecule has 1 aromatic rings. The Morgan fingerprint density at radius 2 is 2.05 bits per heavy atom. The summed E-state index contributed by atoms with van der Waals surface area (Å²) in [4.78, 5) is 0. The highest BCUT2D eigenvalue weighted by molar-refractivity contribution is 5.30. The number of hydrogen-bond acceptors (Lipinski definition) is 2. The monoisotopic (exact) mass is 274 g/mol. The van der Waals surface area contributed by atoms with Gasteiger partial charge in [0.15, 0.2) is 0 Å². The molecule has 0 amide bonds. The molecule has 2 nitrogen and oxygen atoms in total. The van der Waals surface area contributed by atoms with E-state index < -0.39 is 0 Å². The lowest BCUT2D eigenvalue weighted by atomic mass is 9.75. The fourth-order valence-corrected chi connectivity index (χ4v) is 3.61. The highest BCUT2D eigenvalue weighted by Gasteiger charge is 2.27. The Bertz CT molecular complexity index is 427. The van der Waals surface area contributed by atoms with Crippen LogP contribution in [0.3, 0.4) is 0 Å². The molecule has 1 fully saturated rings. The minimum Gasteiger partial charge on any atom is -0.271 e. The molecule has 0 spiro atoms. The molecule has 0 bridgehead atoms. The van der Waals surface area contributed by atoms with E-state index in [0.717, 1.165) is 18.3 Å². The van der Waals surface area contributed by atoms with Crippen molar-refractivity contribution in [3.8, 4) is 0 Å². The van der Waals surface area contributed by atoms with Crippen molar-refractivity contribution in [1.82, 2.24) is 5.43 Å². The molecule has 20 heavy (non-hydrogen) atoms. The third-order valence-corrected chi connectivity index (χ3v) is 5.21. The zero-order valence-electron chi connectivity index (χ0n) is 13.3. The average Bonchev–Trinajstić information content (AvgIpc) is 2.48. The van der Waals surface area contributed by atoms with Crippen molar-refractivity contribution in [2.24, 2.45) is 17.7 Å². The van der Waals surface area contributed by atoms with Gasteiger partial charge in [-0.1, -0.05) is 44.4 Å². The van der Waals surface area contributed by atoms with Crippen LogP contribution in [0.2, 0.25) is 0 Å². The molecular formula is C18H30N2. The lowest BCUT2D eigenvalue weighted by Gasteiger charge is -2.34. The highest BCUT2D eigenvalue weighted by atomic mass is 15.2. The lowest BCUT2D eigenvalue weighted by molar-refractivity contribution is 0.208. The van der Waals surface area contributed by atoms with E-state index in [1.807, 2.05) is 0 Å². The topological polar surface area (TPSA) is 38.0 Å². The number of benzene rings is 1. The summed E-state index contributed by atoms with van der Waals surface area (Å²) < 4.78 is 0. The van der Waals surface area contributed by atoms with E-state index in [-0.39, 0.29) is 0 Å². The summed E-state index contributed by atoms with van der Waals surface area (Å²) in [5.41, 5.74) is 7.26. The van der Waals surface area contributed by atoms with Crippen LogP contribution in [0.5, 0.6) is 0 Å². The van der Waals surface area contributed by atoms with Crippen molar-refractivity contribution in [3.05, 3.63) is 34.9 Å². The third-order valence-electron chi connectivity index (χ3n) is 5.21. The van der Waals surface area contributed by atoms with Crippen LogP contribution in [-0.2, 0) is 6.42 Å². The summed E-state index contributed by atoms with van der Waals surface area (Å²) in [5.74, 6) is 7.50. The second-order valence-corrected chi connectivity index (χ2v) is 6.60. The molecule has 1 aliphatic rings. The number of nitrogens with one attached hydrogen (secondary N) is 1. The second kappa shape index (κ2) is 7.24. The Morgan fingerprint density at radius 3 is 2.70 bits per heavy atom. The van der Waals surface area contributed by atoms with E-state index in [1.165, 1.54) is 48.8 Å². The van der Waals surface area contributed by atoms with E-state index in [0.29, 0.717) is 6.04 Å². The molecule has 1 saturated carbocycles. The fourth-order valence-electron chi connectivity index (χ4n) is 3.61. The number of nitrogens with two attached hydrogens (primary N) is 1. The van der Waals surface area contributed by atoms with Crippen LogP contribution in [0.1, 0.15) is 55.7 Å². The first kappa shape index (κ1) is 15.5. The molecule has 3 atom stereocenters. The van der Waals surface area contributed by atoms with E-state index >= 15 is 0 Å². The summed E-state index contributed by atoms with van der Waals surface area (Å²) in [6.45, 7) is 6.68. The highest BCUT2D eigenvalue weighted by Crippen LogP contribution is 2.33. The molecule has 3 N–H and O–H groups in total. The van der Waals surface area contributed by atoms with Crippen LogP contribution in [0, 0.1) is 25.7 Å². The van der Waals surface area contributed by atoms with Gasteiger partial charge in [-0.25, -0.2) is 0 Å². The van der Waals surface area contributed by atoms with E-state index in [9.17, 15) is 0 Å². The quantitative estimate of drug-likeness (QED) is 0.631. The van der Waals surface area contributed by atoms with Crippen molar-refractivity contribution in [2.75, 3.05) is 0 Å². The van der Waals surface area contributed by atoms with Crippen molar-refractivity contribution >= 4 is 0 Å². The number of hydrazine groups is 1. The summed E-state index contributed by atoms with van der Waals surface area (Å²) in [5, 5.41) is 0. The molecule has 112 valence electrons. The van der Waals surface area contributed by atoms with Gasteiger partial charge < -0.3 is 0 Å². The maximum atomic E-state index is 5.86. The Balaban J connectivity index is 2.02. The van der Waals surface area contributed by atoms with Gasteiger partial charge in [-0.2, -0.15) is 0 Å². The van der Waals surface area contributed by atoms with Crippen LogP contribution >= 0.6 is 0 Å². The normalized spacial score (nSPS) is 24.6. The van der Waals surface area contributed by atoms with Crippen LogP contribution in [-0.4, -0.2) is 6.04 Å². The van der Waals surface area contributed by atoms with E-state index in [1.54, 1.807) is 0 Å². The van der Waals surface area contributed by atoms with Crippen molar-refractivity contribution < 1.29 is 0 Å². The minimum atomic E-state index is 0.423. The van der Waals surface area contributed by atoms with Crippen LogP contribution in [0.4, 0.5) is 0 Å². The number of rotatable bonds is 5. The molecular weight excluding hydrogens is 244 g/mol. The van der Waals surface area contributed by atoms with E-state index in [4.69, 9.17) is 5.84 Å². The Morgan fingerprint density at radius 1 is 1.25 bits per heavy atom. The number of aryl methyl sites for hydroxylation is 2. The number of hydrogen-bond donors (Lipinski definition) is 2. The van der Waals surface area contributed by atoms with Crippen molar-refractivity contribution in [2.45, 2.75) is 65.3 Å².